The molecule has 1 aliphatic heterocycles. The molecule has 0 radical (unpaired) electrons. The number of rotatable bonds is 3. The predicted molar refractivity (Wildman–Crippen MR) is 68.4 cm³/mol. The Bertz CT molecular complexity index is 439. The van der Waals surface area contributed by atoms with Crippen LogP contribution in [0.1, 0.15) is 25.5 Å². The number of hydrogen-bond donors (Lipinski definition) is 1. The van der Waals surface area contributed by atoms with Crippen LogP contribution in [-0.4, -0.2) is 41.3 Å². The van der Waals surface area contributed by atoms with Crippen LogP contribution in [-0.2, 0) is 9.53 Å². The molecule has 0 aromatic heterocycles. The van der Waals surface area contributed by atoms with Crippen LogP contribution in [0.15, 0.2) is 24.3 Å². The lowest BCUT2D eigenvalue weighted by Gasteiger charge is -2.38. The van der Waals surface area contributed by atoms with Crippen molar-refractivity contribution in [3.63, 3.8) is 0 Å². The third kappa shape index (κ3) is 3.30. The van der Waals surface area contributed by atoms with E-state index < -0.39 is 12.0 Å². The minimum absolute atomic E-state index is 0.00829. The molecule has 1 aliphatic rings. The Morgan fingerprint density at radius 1 is 1.32 bits per heavy atom. The molecular weight excluding hydrogens is 249 g/mol. The Morgan fingerprint density at radius 2 is 1.84 bits per heavy atom. The summed E-state index contributed by atoms with van der Waals surface area (Å²) in [6, 6.07) is 4.88. The largest absolute Gasteiger partial charge is 0.480 e. The second kappa shape index (κ2) is 5.67. The number of halogens is 1. The first-order chi connectivity index (χ1) is 8.97. The molecule has 1 N–H and O–H groups in total. The van der Waals surface area contributed by atoms with Crippen molar-refractivity contribution in [2.45, 2.75) is 32.1 Å². The number of nitrogens with zero attached hydrogens (tertiary/aromatic N) is 1. The molecule has 1 saturated heterocycles. The Kier molecular flexibility index (Phi) is 4.17. The highest BCUT2D eigenvalue weighted by Crippen LogP contribution is 2.25. The summed E-state index contributed by atoms with van der Waals surface area (Å²) in [5.74, 6) is -1.29. The lowest BCUT2D eigenvalue weighted by Crippen LogP contribution is -2.48. The number of benzene rings is 1. The first kappa shape index (κ1) is 14.0. The van der Waals surface area contributed by atoms with Gasteiger partial charge >= 0.3 is 5.97 Å². The van der Waals surface area contributed by atoms with Crippen molar-refractivity contribution in [2.75, 3.05) is 13.1 Å². The Morgan fingerprint density at radius 3 is 2.32 bits per heavy atom. The van der Waals surface area contributed by atoms with E-state index in [-0.39, 0.29) is 18.0 Å². The van der Waals surface area contributed by atoms with Gasteiger partial charge in [-0.05, 0) is 31.5 Å². The van der Waals surface area contributed by atoms with Crippen molar-refractivity contribution in [1.29, 1.82) is 0 Å². The van der Waals surface area contributed by atoms with E-state index in [4.69, 9.17) is 4.74 Å². The maximum Gasteiger partial charge on any atom is 0.325 e. The Balaban J connectivity index is 2.24. The molecule has 1 heterocycles. The molecule has 104 valence electrons. The minimum Gasteiger partial charge on any atom is -0.480 e. The van der Waals surface area contributed by atoms with Crippen LogP contribution < -0.4 is 0 Å². The molecule has 0 bridgehead atoms. The van der Waals surface area contributed by atoms with E-state index in [0.29, 0.717) is 18.7 Å². The van der Waals surface area contributed by atoms with Crippen molar-refractivity contribution in [1.82, 2.24) is 4.90 Å². The molecule has 19 heavy (non-hydrogen) atoms. The van der Waals surface area contributed by atoms with Gasteiger partial charge in [0.05, 0.1) is 12.2 Å². The van der Waals surface area contributed by atoms with E-state index in [1.807, 2.05) is 18.7 Å². The fraction of sp³-hybridized carbons (Fsp3) is 0.500. The smallest absolute Gasteiger partial charge is 0.325 e. The molecular formula is C14H18FNO3. The quantitative estimate of drug-likeness (QED) is 0.910. The highest BCUT2D eigenvalue weighted by atomic mass is 19.1. The van der Waals surface area contributed by atoms with Gasteiger partial charge in [0.15, 0.2) is 0 Å². The average molecular weight is 267 g/mol. The van der Waals surface area contributed by atoms with Gasteiger partial charge in [-0.25, -0.2) is 4.39 Å². The van der Waals surface area contributed by atoms with Gasteiger partial charge in [-0.15, -0.1) is 0 Å². The molecule has 1 fully saturated rings. The Labute approximate surface area is 111 Å². The molecule has 2 rings (SSSR count). The van der Waals surface area contributed by atoms with Crippen molar-refractivity contribution in [2.24, 2.45) is 0 Å². The number of aliphatic carboxylic acids is 1. The summed E-state index contributed by atoms with van der Waals surface area (Å²) in [7, 11) is 0. The van der Waals surface area contributed by atoms with Gasteiger partial charge in [0.2, 0.25) is 0 Å². The predicted octanol–water partition coefficient (Wildman–Crippen LogP) is 2.06. The SMILES string of the molecule is CC1CN(C(C(=O)O)c2ccc(F)cc2)CC(C)O1. The van der Waals surface area contributed by atoms with Crippen molar-refractivity contribution >= 4 is 5.97 Å². The second-order valence-electron chi connectivity index (χ2n) is 5.00. The monoisotopic (exact) mass is 267 g/mol. The van der Waals surface area contributed by atoms with Gasteiger partial charge in [-0.3, -0.25) is 9.69 Å². The zero-order chi connectivity index (χ0) is 14.0. The highest BCUT2D eigenvalue weighted by molar-refractivity contribution is 5.75. The maximum atomic E-state index is 12.9. The molecule has 0 aliphatic carbocycles. The summed E-state index contributed by atoms with van der Waals surface area (Å²) in [4.78, 5) is 13.4. The molecule has 3 atom stereocenters. The van der Waals surface area contributed by atoms with Gasteiger partial charge < -0.3 is 9.84 Å². The topological polar surface area (TPSA) is 49.8 Å². The molecule has 1 aromatic rings. The lowest BCUT2D eigenvalue weighted by atomic mass is 10.0. The van der Waals surface area contributed by atoms with E-state index in [0.717, 1.165) is 0 Å². The molecule has 0 amide bonds. The number of carboxylic acids is 1. The van der Waals surface area contributed by atoms with Crippen molar-refractivity contribution < 1.29 is 19.0 Å². The molecule has 1 aromatic carbocycles. The second-order valence-corrected chi connectivity index (χ2v) is 5.00. The molecule has 4 nitrogen and oxygen atoms in total. The Hall–Kier alpha value is -1.46. The van der Waals surface area contributed by atoms with Crippen LogP contribution in [0.25, 0.3) is 0 Å². The van der Waals surface area contributed by atoms with Crippen molar-refractivity contribution in [3.8, 4) is 0 Å². The van der Waals surface area contributed by atoms with Gasteiger partial charge in [-0.1, -0.05) is 12.1 Å². The summed E-state index contributed by atoms with van der Waals surface area (Å²) in [5, 5.41) is 9.44. The maximum absolute atomic E-state index is 12.9. The lowest BCUT2D eigenvalue weighted by molar-refractivity contribution is -0.149. The van der Waals surface area contributed by atoms with Crippen LogP contribution >= 0.6 is 0 Å². The first-order valence-corrected chi connectivity index (χ1v) is 6.35. The van der Waals surface area contributed by atoms with E-state index in [1.54, 1.807) is 0 Å². The number of ether oxygens (including phenoxy) is 1. The van der Waals surface area contributed by atoms with Crippen LogP contribution in [0.5, 0.6) is 0 Å². The molecule has 0 saturated carbocycles. The van der Waals surface area contributed by atoms with Crippen LogP contribution in [0.3, 0.4) is 0 Å². The summed E-state index contributed by atoms with van der Waals surface area (Å²) in [6.45, 7) is 4.95. The van der Waals surface area contributed by atoms with Crippen LogP contribution in [0.4, 0.5) is 4.39 Å². The zero-order valence-electron chi connectivity index (χ0n) is 11.0. The molecule has 0 spiro atoms. The van der Waals surface area contributed by atoms with E-state index in [1.165, 1.54) is 24.3 Å². The third-order valence-electron chi connectivity index (χ3n) is 3.23. The minimum atomic E-state index is -0.923. The van der Waals surface area contributed by atoms with Gasteiger partial charge in [0, 0.05) is 13.1 Å². The number of carbonyl (C=O) groups is 1. The fourth-order valence-corrected chi connectivity index (χ4v) is 2.58. The zero-order valence-corrected chi connectivity index (χ0v) is 11.0. The van der Waals surface area contributed by atoms with E-state index >= 15 is 0 Å². The van der Waals surface area contributed by atoms with E-state index in [2.05, 4.69) is 0 Å². The van der Waals surface area contributed by atoms with Gasteiger partial charge in [-0.2, -0.15) is 0 Å². The van der Waals surface area contributed by atoms with E-state index in [9.17, 15) is 14.3 Å². The van der Waals surface area contributed by atoms with Gasteiger partial charge in [0.1, 0.15) is 11.9 Å². The standard InChI is InChI=1S/C14H18FNO3/c1-9-7-16(8-10(2)19-9)13(14(17)18)11-3-5-12(15)6-4-11/h3-6,9-10,13H,7-8H2,1-2H3,(H,17,18). The number of morpholine rings is 1. The van der Waals surface area contributed by atoms with Crippen molar-refractivity contribution in [3.05, 3.63) is 35.6 Å². The first-order valence-electron chi connectivity index (χ1n) is 6.35. The summed E-state index contributed by atoms with van der Waals surface area (Å²) in [6.07, 6.45) is -0.0166. The summed E-state index contributed by atoms with van der Waals surface area (Å²) >= 11 is 0. The van der Waals surface area contributed by atoms with Crippen LogP contribution in [0.2, 0.25) is 0 Å². The summed E-state index contributed by atoms with van der Waals surface area (Å²) < 4.78 is 18.5. The molecule has 5 heteroatoms. The highest BCUT2D eigenvalue weighted by Gasteiger charge is 2.33. The normalized spacial score (nSPS) is 26.1. The summed E-state index contributed by atoms with van der Waals surface area (Å²) in [5.41, 5.74) is 0.593. The number of hydrogen-bond acceptors (Lipinski definition) is 3. The van der Waals surface area contributed by atoms with Gasteiger partial charge in [0.25, 0.3) is 0 Å². The fourth-order valence-electron chi connectivity index (χ4n) is 2.58. The third-order valence-corrected chi connectivity index (χ3v) is 3.23. The number of carboxylic acid groups (broad SMARTS) is 1. The van der Waals surface area contributed by atoms with Crippen LogP contribution in [0, 0.1) is 5.82 Å². The average Bonchev–Trinajstić information content (AvgIpc) is 2.30. The molecule has 3 unspecified atom stereocenters.